The molecule has 0 spiro atoms. The fraction of sp³-hybridized carbons (Fsp3) is 0.643. The van der Waals surface area contributed by atoms with Crippen molar-refractivity contribution >= 4 is 11.8 Å². The predicted molar refractivity (Wildman–Crippen MR) is 128 cm³/mol. The van der Waals surface area contributed by atoms with Crippen molar-refractivity contribution in [3.8, 4) is 0 Å². The molecule has 2 N–H and O–H groups in total. The molecule has 0 bridgehead atoms. The quantitative estimate of drug-likeness (QED) is 0.422. The number of Topliss-reactive ketones (excluding diaryl/α,β-unsaturated/α-hetero) is 1. The molecule has 33 heavy (non-hydrogen) atoms. The summed E-state index contributed by atoms with van der Waals surface area (Å²) in [6.45, 7) is 6.53. The maximum atomic E-state index is 12.8. The van der Waals surface area contributed by atoms with Gasteiger partial charge in [0.25, 0.3) is 0 Å². The van der Waals surface area contributed by atoms with Gasteiger partial charge >= 0.3 is 5.97 Å². The first-order valence-electron chi connectivity index (χ1n) is 12.5. The zero-order valence-corrected chi connectivity index (χ0v) is 20.2. The summed E-state index contributed by atoms with van der Waals surface area (Å²) in [6.07, 6.45) is 6.20. The van der Waals surface area contributed by atoms with Crippen molar-refractivity contribution in [3.63, 3.8) is 0 Å². The van der Waals surface area contributed by atoms with E-state index in [-0.39, 0.29) is 30.7 Å². The molecule has 0 radical (unpaired) electrons. The van der Waals surface area contributed by atoms with Crippen LogP contribution in [0, 0.1) is 29.6 Å². The van der Waals surface area contributed by atoms with Crippen LogP contribution in [-0.2, 0) is 20.7 Å². The number of esters is 1. The number of benzene rings is 1. The van der Waals surface area contributed by atoms with Crippen LogP contribution in [0.25, 0.3) is 0 Å². The lowest BCUT2D eigenvalue weighted by Crippen LogP contribution is -2.36. The van der Waals surface area contributed by atoms with Gasteiger partial charge in [-0.1, -0.05) is 69.7 Å². The first-order valence-corrected chi connectivity index (χ1v) is 12.5. The van der Waals surface area contributed by atoms with Crippen molar-refractivity contribution < 1.29 is 24.5 Å². The molecule has 2 fully saturated rings. The van der Waals surface area contributed by atoms with Crippen molar-refractivity contribution in [1.82, 2.24) is 0 Å². The number of ketones is 1. The van der Waals surface area contributed by atoms with Crippen LogP contribution in [0.15, 0.2) is 42.5 Å². The molecule has 2 saturated carbocycles. The average molecular weight is 457 g/mol. The van der Waals surface area contributed by atoms with Gasteiger partial charge < -0.3 is 14.9 Å². The Morgan fingerprint density at radius 2 is 1.94 bits per heavy atom. The predicted octanol–water partition coefficient (Wildman–Crippen LogP) is 4.50. The smallest absolute Gasteiger partial charge is 0.306 e. The molecule has 1 aromatic carbocycles. The van der Waals surface area contributed by atoms with Crippen LogP contribution in [0.4, 0.5) is 0 Å². The molecule has 0 saturated heterocycles. The van der Waals surface area contributed by atoms with Crippen molar-refractivity contribution in [3.05, 3.63) is 48.0 Å². The van der Waals surface area contributed by atoms with Gasteiger partial charge in [-0.2, -0.15) is 0 Å². The van der Waals surface area contributed by atoms with Gasteiger partial charge in [0.15, 0.2) is 0 Å². The number of aryl methyl sites for hydroxylation is 1. The summed E-state index contributed by atoms with van der Waals surface area (Å²) in [4.78, 5) is 25.3. The second kappa shape index (κ2) is 11.9. The molecule has 0 heterocycles. The SMILES string of the molecule is CC(C)[C@@H]1CC[C@@H](C)C[C@H]1OC(=O)C[C@H]1C(=O)C[C@@H](O)[C@@H]1C=C[C@@H](O)CCc1ccccc1. The number of ether oxygens (including phenoxy) is 1. The summed E-state index contributed by atoms with van der Waals surface area (Å²) >= 11 is 0. The summed E-state index contributed by atoms with van der Waals surface area (Å²) in [7, 11) is 0. The molecule has 5 heteroatoms. The number of aliphatic hydroxyl groups excluding tert-OH is 2. The summed E-state index contributed by atoms with van der Waals surface area (Å²) < 4.78 is 5.90. The van der Waals surface area contributed by atoms with Crippen LogP contribution in [0.2, 0.25) is 0 Å². The number of carbonyl (C=O) groups excluding carboxylic acids is 2. The molecule has 5 nitrogen and oxygen atoms in total. The van der Waals surface area contributed by atoms with Crippen LogP contribution < -0.4 is 0 Å². The zero-order chi connectivity index (χ0) is 24.0. The van der Waals surface area contributed by atoms with Crippen LogP contribution in [-0.4, -0.2) is 40.3 Å². The van der Waals surface area contributed by atoms with Crippen LogP contribution in [0.5, 0.6) is 0 Å². The minimum atomic E-state index is -0.828. The Balaban J connectivity index is 1.57. The topological polar surface area (TPSA) is 83.8 Å². The number of hydrogen-bond acceptors (Lipinski definition) is 5. The fourth-order valence-electron chi connectivity index (χ4n) is 5.45. The Hall–Kier alpha value is -1.98. The number of aliphatic hydroxyl groups is 2. The highest BCUT2D eigenvalue weighted by Crippen LogP contribution is 2.37. The van der Waals surface area contributed by atoms with Gasteiger partial charge in [0.2, 0.25) is 0 Å². The van der Waals surface area contributed by atoms with Gasteiger partial charge in [-0.25, -0.2) is 0 Å². The molecule has 0 aliphatic heterocycles. The number of carbonyl (C=O) groups is 2. The molecule has 2 aliphatic rings. The first kappa shape index (κ1) is 25.6. The molecule has 3 rings (SSSR count). The molecule has 0 aromatic heterocycles. The Bertz CT molecular complexity index is 802. The van der Waals surface area contributed by atoms with E-state index < -0.39 is 24.0 Å². The van der Waals surface area contributed by atoms with E-state index in [1.54, 1.807) is 12.2 Å². The maximum Gasteiger partial charge on any atom is 0.306 e. The van der Waals surface area contributed by atoms with Gasteiger partial charge in [0, 0.05) is 18.3 Å². The summed E-state index contributed by atoms with van der Waals surface area (Å²) in [6, 6.07) is 9.95. The second-order valence-corrected chi connectivity index (χ2v) is 10.5. The lowest BCUT2D eigenvalue weighted by molar-refractivity contribution is -0.158. The highest BCUT2D eigenvalue weighted by atomic mass is 16.5. The summed E-state index contributed by atoms with van der Waals surface area (Å²) in [5, 5.41) is 20.8. The van der Waals surface area contributed by atoms with Gasteiger partial charge in [-0.3, -0.25) is 9.59 Å². The molecule has 0 amide bonds. The van der Waals surface area contributed by atoms with Crippen molar-refractivity contribution in [2.75, 3.05) is 0 Å². The van der Waals surface area contributed by atoms with Gasteiger partial charge in [-0.05, 0) is 49.0 Å². The molecular weight excluding hydrogens is 416 g/mol. The monoisotopic (exact) mass is 456 g/mol. The Morgan fingerprint density at radius 3 is 2.64 bits per heavy atom. The minimum absolute atomic E-state index is 0.0132. The van der Waals surface area contributed by atoms with E-state index in [0.717, 1.165) is 31.2 Å². The standard InChI is InChI=1S/C28H40O5/c1-18(2)22-13-9-19(3)15-27(22)33-28(32)16-24-23(25(30)17-26(24)31)14-12-21(29)11-10-20-7-5-4-6-8-20/h4-8,12,14,18-19,21-25,27,29-30H,9-11,13,15-17H2,1-3H3/t19-,21+,22+,23-,24-,25-,27-/m1/s1. The van der Waals surface area contributed by atoms with Crippen molar-refractivity contribution in [2.24, 2.45) is 29.6 Å². The first-order chi connectivity index (χ1) is 15.7. The van der Waals surface area contributed by atoms with Gasteiger partial charge in [0.05, 0.1) is 18.6 Å². The Labute approximate surface area is 198 Å². The van der Waals surface area contributed by atoms with Crippen LogP contribution in [0.1, 0.15) is 64.9 Å². The summed E-state index contributed by atoms with van der Waals surface area (Å²) in [5.74, 6) is -0.198. The molecule has 1 aromatic rings. The zero-order valence-electron chi connectivity index (χ0n) is 20.2. The van der Waals surface area contributed by atoms with E-state index in [2.05, 4.69) is 20.8 Å². The number of hydrogen-bond donors (Lipinski definition) is 2. The molecule has 2 aliphatic carbocycles. The van der Waals surface area contributed by atoms with E-state index in [1.165, 1.54) is 0 Å². The normalized spacial score (nSPS) is 31.3. The highest BCUT2D eigenvalue weighted by molar-refractivity contribution is 5.88. The number of rotatable bonds is 9. The molecule has 7 atom stereocenters. The third-order valence-corrected chi connectivity index (χ3v) is 7.49. The molecule has 182 valence electrons. The van der Waals surface area contributed by atoms with E-state index in [9.17, 15) is 19.8 Å². The van der Waals surface area contributed by atoms with E-state index in [0.29, 0.717) is 24.2 Å². The van der Waals surface area contributed by atoms with Crippen LogP contribution in [0.3, 0.4) is 0 Å². The maximum absolute atomic E-state index is 12.8. The van der Waals surface area contributed by atoms with Crippen molar-refractivity contribution in [2.45, 2.75) is 84.0 Å². The molecule has 0 unspecified atom stereocenters. The van der Waals surface area contributed by atoms with E-state index >= 15 is 0 Å². The lowest BCUT2D eigenvalue weighted by Gasteiger charge is -2.36. The van der Waals surface area contributed by atoms with Gasteiger partial charge in [-0.15, -0.1) is 0 Å². The summed E-state index contributed by atoms with van der Waals surface area (Å²) in [5.41, 5.74) is 1.15. The van der Waals surface area contributed by atoms with Crippen molar-refractivity contribution in [1.29, 1.82) is 0 Å². The average Bonchev–Trinajstić information content (AvgIpc) is 3.03. The Kier molecular flexibility index (Phi) is 9.27. The van der Waals surface area contributed by atoms with E-state index in [1.807, 2.05) is 30.3 Å². The van der Waals surface area contributed by atoms with E-state index in [4.69, 9.17) is 4.74 Å². The third kappa shape index (κ3) is 7.25. The molecular formula is C28H40O5. The largest absolute Gasteiger partial charge is 0.462 e. The third-order valence-electron chi connectivity index (χ3n) is 7.49. The highest BCUT2D eigenvalue weighted by Gasteiger charge is 2.42. The minimum Gasteiger partial charge on any atom is -0.462 e. The fourth-order valence-corrected chi connectivity index (χ4v) is 5.45. The lowest BCUT2D eigenvalue weighted by atomic mass is 9.75. The van der Waals surface area contributed by atoms with Crippen LogP contribution >= 0.6 is 0 Å². The van der Waals surface area contributed by atoms with Gasteiger partial charge in [0.1, 0.15) is 11.9 Å². The Morgan fingerprint density at radius 1 is 1.21 bits per heavy atom. The second-order valence-electron chi connectivity index (χ2n) is 10.5.